The van der Waals surface area contributed by atoms with Gasteiger partial charge in [-0.25, -0.2) is 4.98 Å². The predicted molar refractivity (Wildman–Crippen MR) is 124 cm³/mol. The number of hydrogen-bond acceptors (Lipinski definition) is 7. The monoisotopic (exact) mass is 491 g/mol. The number of amides is 1. The van der Waals surface area contributed by atoms with Gasteiger partial charge in [-0.3, -0.25) is 14.2 Å². The van der Waals surface area contributed by atoms with Gasteiger partial charge in [0.25, 0.3) is 5.56 Å². The smallest absolute Gasteiger partial charge is 0.387 e. The number of halogens is 2. The van der Waals surface area contributed by atoms with Crippen molar-refractivity contribution in [3.8, 4) is 21.9 Å². The van der Waals surface area contributed by atoms with Gasteiger partial charge < -0.3 is 14.8 Å². The average molecular weight is 492 g/mol. The highest BCUT2D eigenvalue weighted by Crippen LogP contribution is 2.33. The summed E-state index contributed by atoms with van der Waals surface area (Å²) in [5, 5.41) is 7.08. The van der Waals surface area contributed by atoms with Crippen LogP contribution in [0.5, 0.6) is 11.5 Å². The van der Waals surface area contributed by atoms with Crippen molar-refractivity contribution in [3.63, 3.8) is 0 Å². The van der Waals surface area contributed by atoms with Gasteiger partial charge in [0.05, 0.1) is 18.8 Å². The second-order valence-corrected chi connectivity index (χ2v) is 8.75. The Morgan fingerprint density at radius 1 is 1.24 bits per heavy atom. The average Bonchev–Trinajstić information content (AvgIpc) is 3.45. The molecule has 0 aliphatic heterocycles. The summed E-state index contributed by atoms with van der Waals surface area (Å²) in [7, 11) is 1.36. The Morgan fingerprint density at radius 2 is 2.09 bits per heavy atom. The molecule has 0 radical (unpaired) electrons. The van der Waals surface area contributed by atoms with Crippen LogP contribution in [0.25, 0.3) is 20.7 Å². The number of nitrogens with one attached hydrogen (secondary N) is 1. The molecule has 4 rings (SSSR count). The number of carbonyl (C=O) groups is 1. The number of methoxy groups -OCH3 is 1. The zero-order valence-electron chi connectivity index (χ0n) is 17.4. The Bertz CT molecular complexity index is 1320. The van der Waals surface area contributed by atoms with Gasteiger partial charge in [0.15, 0.2) is 11.5 Å². The number of nitrogens with zero attached hydrogens (tertiary/aromatic N) is 2. The van der Waals surface area contributed by atoms with Crippen molar-refractivity contribution in [3.05, 3.63) is 63.3 Å². The highest BCUT2D eigenvalue weighted by atomic mass is 32.1. The molecule has 0 aliphatic rings. The number of alkyl halides is 2. The number of benzene rings is 1. The van der Waals surface area contributed by atoms with E-state index in [2.05, 4.69) is 15.0 Å². The first-order chi connectivity index (χ1) is 16.0. The van der Waals surface area contributed by atoms with Gasteiger partial charge in [0, 0.05) is 22.4 Å². The third-order valence-corrected chi connectivity index (χ3v) is 6.63. The minimum Gasteiger partial charge on any atom is -0.493 e. The Morgan fingerprint density at radius 3 is 2.82 bits per heavy atom. The van der Waals surface area contributed by atoms with Crippen LogP contribution in [0.15, 0.2) is 52.2 Å². The van der Waals surface area contributed by atoms with Crippen LogP contribution in [0.2, 0.25) is 0 Å². The summed E-state index contributed by atoms with van der Waals surface area (Å²) in [6, 6.07) is 8.53. The molecule has 11 heteroatoms. The molecule has 0 unspecified atom stereocenters. The van der Waals surface area contributed by atoms with Gasteiger partial charge in [0.1, 0.15) is 11.4 Å². The maximum absolute atomic E-state index is 13.0. The van der Waals surface area contributed by atoms with E-state index in [-0.39, 0.29) is 36.1 Å². The molecule has 1 aromatic carbocycles. The van der Waals surface area contributed by atoms with E-state index in [0.29, 0.717) is 22.2 Å². The number of fused-ring (bicyclic) bond motifs is 1. The number of hydrogen-bond donors (Lipinski definition) is 1. The van der Waals surface area contributed by atoms with E-state index < -0.39 is 6.61 Å². The largest absolute Gasteiger partial charge is 0.493 e. The molecule has 3 aromatic heterocycles. The fourth-order valence-electron chi connectivity index (χ4n) is 3.31. The second-order valence-electron chi connectivity index (χ2n) is 6.95. The van der Waals surface area contributed by atoms with Crippen LogP contribution in [0.4, 0.5) is 8.78 Å². The molecule has 0 bridgehead atoms. The molecule has 1 amide bonds. The first-order valence-corrected chi connectivity index (χ1v) is 11.6. The molecule has 4 aromatic rings. The van der Waals surface area contributed by atoms with Gasteiger partial charge in [-0.2, -0.15) is 8.78 Å². The second kappa shape index (κ2) is 10.1. The van der Waals surface area contributed by atoms with Crippen molar-refractivity contribution in [2.45, 2.75) is 19.6 Å². The van der Waals surface area contributed by atoms with E-state index >= 15 is 0 Å². The molecule has 0 fully saturated rings. The molecule has 7 nitrogen and oxygen atoms in total. The zero-order chi connectivity index (χ0) is 23.4. The molecule has 3 heterocycles. The summed E-state index contributed by atoms with van der Waals surface area (Å²) in [6.07, 6.45) is 1.75. The van der Waals surface area contributed by atoms with Crippen LogP contribution in [-0.4, -0.2) is 35.7 Å². The van der Waals surface area contributed by atoms with Crippen LogP contribution in [-0.2, 0) is 17.8 Å². The zero-order valence-corrected chi connectivity index (χ0v) is 19.1. The lowest BCUT2D eigenvalue weighted by atomic mass is 10.1. The SMILES string of the molecule is COc1ccc(CCNC(=O)Cn2cnc3scc(-c4cccs4)c3c2=O)cc1OC(F)F. The van der Waals surface area contributed by atoms with Gasteiger partial charge in [-0.15, -0.1) is 22.7 Å². The summed E-state index contributed by atoms with van der Waals surface area (Å²) in [5.41, 5.74) is 1.23. The van der Waals surface area contributed by atoms with E-state index in [9.17, 15) is 18.4 Å². The molecule has 0 saturated heterocycles. The van der Waals surface area contributed by atoms with Crippen molar-refractivity contribution in [2.24, 2.45) is 0 Å². The highest BCUT2D eigenvalue weighted by molar-refractivity contribution is 7.18. The third kappa shape index (κ3) is 5.20. The van der Waals surface area contributed by atoms with E-state index in [4.69, 9.17) is 4.74 Å². The number of ether oxygens (including phenoxy) is 2. The molecule has 0 aliphatic carbocycles. The lowest BCUT2D eigenvalue weighted by molar-refractivity contribution is -0.121. The van der Waals surface area contributed by atoms with E-state index in [1.165, 1.54) is 52.8 Å². The lowest BCUT2D eigenvalue weighted by Gasteiger charge is -2.12. The molecule has 33 heavy (non-hydrogen) atoms. The van der Waals surface area contributed by atoms with E-state index in [0.717, 1.165) is 10.4 Å². The fraction of sp³-hybridized carbons (Fsp3) is 0.227. The molecule has 1 N–H and O–H groups in total. The maximum atomic E-state index is 13.0. The Hall–Kier alpha value is -3.31. The summed E-state index contributed by atoms with van der Waals surface area (Å²) < 4.78 is 35.9. The molecule has 0 saturated carbocycles. The molecular weight excluding hydrogens is 472 g/mol. The van der Waals surface area contributed by atoms with Gasteiger partial charge in [-0.05, 0) is 35.6 Å². The number of carbonyl (C=O) groups excluding carboxylic acids is 1. The summed E-state index contributed by atoms with van der Waals surface area (Å²) in [6.45, 7) is -2.89. The Labute approximate surface area is 195 Å². The minimum absolute atomic E-state index is 0.0698. The van der Waals surface area contributed by atoms with Crippen LogP contribution >= 0.6 is 22.7 Å². The van der Waals surface area contributed by atoms with Crippen molar-refractivity contribution in [1.29, 1.82) is 0 Å². The molecular formula is C22H19F2N3O4S2. The number of thiophene rings is 2. The first-order valence-electron chi connectivity index (χ1n) is 9.85. The molecule has 0 spiro atoms. The number of rotatable bonds is 9. The van der Waals surface area contributed by atoms with E-state index in [1.54, 1.807) is 6.07 Å². The predicted octanol–water partition coefficient (Wildman–Crippen LogP) is 4.16. The van der Waals surface area contributed by atoms with Crippen LogP contribution < -0.4 is 20.3 Å². The Kier molecular flexibility index (Phi) is 6.99. The number of aromatic nitrogens is 2. The standard InChI is InChI=1S/C22H19F2N3O4S2/c1-30-15-5-4-13(9-16(15)31-22(23)24)6-7-25-18(28)10-27-12-26-20-19(21(27)29)14(11-33-20)17-3-2-8-32-17/h2-5,8-9,11-12,22H,6-7,10H2,1H3,(H,25,28). The third-order valence-electron chi connectivity index (χ3n) is 4.84. The van der Waals surface area contributed by atoms with Crippen molar-refractivity contribution < 1.29 is 23.0 Å². The van der Waals surface area contributed by atoms with Crippen molar-refractivity contribution in [2.75, 3.05) is 13.7 Å². The molecule has 0 atom stereocenters. The summed E-state index contributed by atoms with van der Waals surface area (Å²) >= 11 is 2.92. The van der Waals surface area contributed by atoms with Crippen LogP contribution in [0.1, 0.15) is 5.56 Å². The quantitative estimate of drug-likeness (QED) is 0.380. The van der Waals surface area contributed by atoms with Crippen LogP contribution in [0, 0.1) is 0 Å². The van der Waals surface area contributed by atoms with Crippen LogP contribution in [0.3, 0.4) is 0 Å². The van der Waals surface area contributed by atoms with Crippen molar-refractivity contribution in [1.82, 2.24) is 14.9 Å². The summed E-state index contributed by atoms with van der Waals surface area (Å²) in [5.74, 6) is -0.232. The topological polar surface area (TPSA) is 82.5 Å². The fourth-order valence-corrected chi connectivity index (χ4v) is 5.04. The normalized spacial score (nSPS) is 11.2. The van der Waals surface area contributed by atoms with Crippen molar-refractivity contribution >= 4 is 38.8 Å². The Balaban J connectivity index is 1.41. The lowest BCUT2D eigenvalue weighted by Crippen LogP contribution is -2.33. The van der Waals surface area contributed by atoms with Gasteiger partial charge in [-0.1, -0.05) is 12.1 Å². The van der Waals surface area contributed by atoms with Gasteiger partial charge in [0.2, 0.25) is 5.91 Å². The van der Waals surface area contributed by atoms with E-state index in [1.807, 2.05) is 22.9 Å². The van der Waals surface area contributed by atoms with Gasteiger partial charge >= 0.3 is 6.61 Å². The maximum Gasteiger partial charge on any atom is 0.387 e. The summed E-state index contributed by atoms with van der Waals surface area (Å²) in [4.78, 5) is 31.3. The first kappa shape index (κ1) is 22.9. The minimum atomic E-state index is -2.97. The highest BCUT2D eigenvalue weighted by Gasteiger charge is 2.15. The molecule has 172 valence electrons.